The van der Waals surface area contributed by atoms with Gasteiger partial charge in [0.1, 0.15) is 12.3 Å². The van der Waals surface area contributed by atoms with Gasteiger partial charge in [-0.3, -0.25) is 9.10 Å². The number of anilines is 1. The molecule has 0 atom stereocenters. The Bertz CT molecular complexity index is 1330. The summed E-state index contributed by atoms with van der Waals surface area (Å²) in [6.07, 6.45) is 1.32. The number of carboxylic acid groups (broad SMARTS) is 1. The third-order valence-corrected chi connectivity index (χ3v) is 6.71. The standard InChI is InChI=1S/C24H22ClN3O6S/c1-2-34-22-6-4-3-5-21(22)28(35(32,33)20-13-11-19(25)12-14-20)16-23(29)27-26-15-17-7-9-18(10-8-17)24(30)31/h3-15H,2,16H2,1H3,(H,27,29)(H,30,31)/b26-15-. The van der Waals surface area contributed by atoms with Gasteiger partial charge in [0, 0.05) is 5.02 Å². The maximum Gasteiger partial charge on any atom is 0.335 e. The van der Waals surface area contributed by atoms with Gasteiger partial charge in [-0.1, -0.05) is 35.9 Å². The normalized spacial score (nSPS) is 11.3. The Labute approximate surface area is 207 Å². The van der Waals surface area contributed by atoms with Gasteiger partial charge >= 0.3 is 5.97 Å². The van der Waals surface area contributed by atoms with Crippen LogP contribution < -0.4 is 14.5 Å². The van der Waals surface area contributed by atoms with E-state index >= 15 is 0 Å². The van der Waals surface area contributed by atoms with Crippen molar-refractivity contribution in [2.75, 3.05) is 17.5 Å². The van der Waals surface area contributed by atoms with Crippen molar-refractivity contribution in [1.29, 1.82) is 0 Å². The van der Waals surface area contributed by atoms with E-state index in [2.05, 4.69) is 10.5 Å². The van der Waals surface area contributed by atoms with Crippen LogP contribution in [0.5, 0.6) is 5.75 Å². The number of para-hydroxylation sites is 2. The minimum absolute atomic E-state index is 0.0528. The van der Waals surface area contributed by atoms with E-state index < -0.39 is 28.4 Å². The van der Waals surface area contributed by atoms with E-state index in [9.17, 15) is 18.0 Å². The topological polar surface area (TPSA) is 125 Å². The van der Waals surface area contributed by atoms with Crippen LogP contribution in [0.25, 0.3) is 0 Å². The molecule has 3 aromatic carbocycles. The number of hydrogen-bond acceptors (Lipinski definition) is 6. The van der Waals surface area contributed by atoms with Gasteiger partial charge in [-0.25, -0.2) is 18.6 Å². The maximum absolute atomic E-state index is 13.5. The lowest BCUT2D eigenvalue weighted by molar-refractivity contribution is -0.119. The van der Waals surface area contributed by atoms with E-state index in [1.807, 2.05) is 0 Å². The molecule has 0 bridgehead atoms. The first-order chi connectivity index (χ1) is 16.7. The summed E-state index contributed by atoms with van der Waals surface area (Å²) in [5, 5.41) is 13.2. The highest BCUT2D eigenvalue weighted by atomic mass is 35.5. The molecule has 0 aliphatic carbocycles. The molecule has 0 aliphatic rings. The molecule has 3 rings (SSSR count). The Morgan fingerprint density at radius 3 is 2.34 bits per heavy atom. The molecule has 0 spiro atoms. The molecule has 182 valence electrons. The highest BCUT2D eigenvalue weighted by molar-refractivity contribution is 7.92. The number of aromatic carboxylic acids is 1. The summed E-state index contributed by atoms with van der Waals surface area (Å²) in [5.41, 5.74) is 3.14. The van der Waals surface area contributed by atoms with Gasteiger partial charge in [-0.2, -0.15) is 5.10 Å². The fourth-order valence-electron chi connectivity index (χ4n) is 3.03. The van der Waals surface area contributed by atoms with Gasteiger partial charge in [0.15, 0.2) is 0 Å². The number of carbonyl (C=O) groups excluding carboxylic acids is 1. The Balaban J connectivity index is 1.86. The zero-order valence-electron chi connectivity index (χ0n) is 18.6. The van der Waals surface area contributed by atoms with Crippen molar-refractivity contribution in [3.63, 3.8) is 0 Å². The Kier molecular flexibility index (Phi) is 8.45. The highest BCUT2D eigenvalue weighted by Gasteiger charge is 2.29. The number of amides is 1. The number of benzene rings is 3. The molecular weight excluding hydrogens is 494 g/mol. The molecule has 3 aromatic rings. The average Bonchev–Trinajstić information content (AvgIpc) is 2.84. The van der Waals surface area contributed by atoms with Crippen LogP contribution in [-0.4, -0.2) is 44.8 Å². The Morgan fingerprint density at radius 2 is 1.71 bits per heavy atom. The van der Waals surface area contributed by atoms with Crippen LogP contribution in [0.3, 0.4) is 0 Å². The van der Waals surface area contributed by atoms with Crippen molar-refractivity contribution in [3.8, 4) is 5.75 Å². The molecule has 11 heteroatoms. The molecule has 0 aromatic heterocycles. The van der Waals surface area contributed by atoms with Gasteiger partial charge < -0.3 is 9.84 Å². The molecule has 0 heterocycles. The summed E-state index contributed by atoms with van der Waals surface area (Å²) in [5.74, 6) is -1.47. The highest BCUT2D eigenvalue weighted by Crippen LogP contribution is 2.32. The summed E-state index contributed by atoms with van der Waals surface area (Å²) in [6.45, 7) is 1.48. The zero-order valence-corrected chi connectivity index (χ0v) is 20.2. The van der Waals surface area contributed by atoms with Crippen LogP contribution in [0, 0.1) is 0 Å². The molecule has 0 fully saturated rings. The van der Waals surface area contributed by atoms with Crippen molar-refractivity contribution in [1.82, 2.24) is 5.43 Å². The second kappa shape index (κ2) is 11.5. The van der Waals surface area contributed by atoms with E-state index in [4.69, 9.17) is 21.4 Å². The fourth-order valence-corrected chi connectivity index (χ4v) is 4.59. The number of hydrazone groups is 1. The monoisotopic (exact) mass is 515 g/mol. The lowest BCUT2D eigenvalue weighted by atomic mass is 10.1. The molecule has 9 nitrogen and oxygen atoms in total. The number of hydrogen-bond donors (Lipinski definition) is 2. The second-order valence-corrected chi connectivity index (χ2v) is 9.39. The summed E-state index contributed by atoms with van der Waals surface area (Å²) in [7, 11) is -4.17. The molecular formula is C24H22ClN3O6S. The van der Waals surface area contributed by atoms with Crippen molar-refractivity contribution < 1.29 is 27.9 Å². The quantitative estimate of drug-likeness (QED) is 0.312. The SMILES string of the molecule is CCOc1ccccc1N(CC(=O)N/N=C\c1ccc(C(=O)O)cc1)S(=O)(=O)c1ccc(Cl)cc1. The number of halogens is 1. The number of nitrogens with zero attached hydrogens (tertiary/aromatic N) is 2. The van der Waals surface area contributed by atoms with E-state index in [-0.39, 0.29) is 16.1 Å². The number of carbonyl (C=O) groups is 2. The summed E-state index contributed by atoms with van der Waals surface area (Å²) in [6, 6.07) is 17.9. The first-order valence-corrected chi connectivity index (χ1v) is 12.2. The van der Waals surface area contributed by atoms with E-state index in [1.54, 1.807) is 31.2 Å². The minimum atomic E-state index is -4.17. The predicted octanol–water partition coefficient (Wildman–Crippen LogP) is 3.78. The Morgan fingerprint density at radius 1 is 1.06 bits per heavy atom. The fraction of sp³-hybridized carbons (Fsp3) is 0.125. The van der Waals surface area contributed by atoms with Gasteiger partial charge in [0.2, 0.25) is 0 Å². The van der Waals surface area contributed by atoms with Crippen LogP contribution in [0.1, 0.15) is 22.8 Å². The van der Waals surface area contributed by atoms with Crippen molar-refractivity contribution in [3.05, 3.63) is 88.9 Å². The smallest absolute Gasteiger partial charge is 0.335 e. The van der Waals surface area contributed by atoms with Gasteiger partial charge in [-0.15, -0.1) is 0 Å². The van der Waals surface area contributed by atoms with Crippen molar-refractivity contribution in [2.45, 2.75) is 11.8 Å². The molecule has 0 saturated heterocycles. The number of ether oxygens (including phenoxy) is 1. The second-order valence-electron chi connectivity index (χ2n) is 7.09. The zero-order chi connectivity index (χ0) is 25.4. The Hall–Kier alpha value is -3.89. The first-order valence-electron chi connectivity index (χ1n) is 10.4. The number of rotatable bonds is 10. The van der Waals surface area contributed by atoms with E-state index in [0.717, 1.165) is 4.31 Å². The van der Waals surface area contributed by atoms with Gasteiger partial charge in [0.25, 0.3) is 15.9 Å². The number of sulfonamides is 1. The minimum Gasteiger partial charge on any atom is -0.492 e. The van der Waals surface area contributed by atoms with Crippen LogP contribution in [-0.2, 0) is 14.8 Å². The molecule has 0 aliphatic heterocycles. The van der Waals surface area contributed by atoms with Crippen LogP contribution in [0.2, 0.25) is 5.02 Å². The lowest BCUT2D eigenvalue weighted by Crippen LogP contribution is -2.39. The summed E-state index contributed by atoms with van der Waals surface area (Å²) < 4.78 is 33.5. The summed E-state index contributed by atoms with van der Waals surface area (Å²) >= 11 is 5.90. The van der Waals surface area contributed by atoms with Crippen LogP contribution in [0.15, 0.2) is 82.8 Å². The largest absolute Gasteiger partial charge is 0.492 e. The average molecular weight is 516 g/mol. The van der Waals surface area contributed by atoms with Crippen molar-refractivity contribution in [2.24, 2.45) is 5.10 Å². The summed E-state index contributed by atoms with van der Waals surface area (Å²) in [4.78, 5) is 23.6. The molecule has 2 N–H and O–H groups in total. The first kappa shape index (κ1) is 25.7. The predicted molar refractivity (Wildman–Crippen MR) is 133 cm³/mol. The van der Waals surface area contributed by atoms with E-state index in [0.29, 0.717) is 22.9 Å². The number of carboxylic acids is 1. The molecule has 35 heavy (non-hydrogen) atoms. The van der Waals surface area contributed by atoms with E-state index in [1.165, 1.54) is 54.7 Å². The maximum atomic E-state index is 13.5. The lowest BCUT2D eigenvalue weighted by Gasteiger charge is -2.25. The number of nitrogens with one attached hydrogen (secondary N) is 1. The molecule has 0 radical (unpaired) electrons. The third-order valence-electron chi connectivity index (χ3n) is 4.68. The van der Waals surface area contributed by atoms with Crippen LogP contribution >= 0.6 is 11.6 Å². The van der Waals surface area contributed by atoms with Crippen molar-refractivity contribution >= 4 is 45.4 Å². The molecule has 0 saturated carbocycles. The van der Waals surface area contributed by atoms with Gasteiger partial charge in [0.05, 0.1) is 29.0 Å². The third kappa shape index (κ3) is 6.58. The molecule has 1 amide bonds. The van der Waals surface area contributed by atoms with Crippen LogP contribution in [0.4, 0.5) is 5.69 Å². The van der Waals surface area contributed by atoms with Gasteiger partial charge in [-0.05, 0) is 61.0 Å². The molecule has 0 unspecified atom stereocenters.